The van der Waals surface area contributed by atoms with Gasteiger partial charge < -0.3 is 9.47 Å². The number of ketones is 1. The summed E-state index contributed by atoms with van der Waals surface area (Å²) in [5.74, 6) is 0.690. The first-order valence-electron chi connectivity index (χ1n) is 6.18. The largest absolute Gasteiger partial charge is 0.497 e. The Labute approximate surface area is 111 Å². The van der Waals surface area contributed by atoms with Gasteiger partial charge in [0.05, 0.1) is 7.11 Å². The molecule has 0 N–H and O–H groups in total. The van der Waals surface area contributed by atoms with Crippen LogP contribution in [0, 0.1) is 0 Å². The number of ether oxygens (including phenoxy) is 2. The minimum Gasteiger partial charge on any atom is -0.497 e. The van der Waals surface area contributed by atoms with Crippen LogP contribution in [0.2, 0.25) is 0 Å². The Morgan fingerprint density at radius 3 is 2.63 bits per heavy atom. The number of carbonyl (C=O) groups excluding carboxylic acids is 1. The summed E-state index contributed by atoms with van der Waals surface area (Å²) in [5, 5.41) is 0. The van der Waals surface area contributed by atoms with Crippen LogP contribution in [0.1, 0.15) is 22.0 Å². The van der Waals surface area contributed by atoms with Crippen molar-refractivity contribution in [3.8, 4) is 5.75 Å². The number of hydrogen-bond acceptors (Lipinski definition) is 3. The van der Waals surface area contributed by atoms with E-state index in [4.69, 9.17) is 9.47 Å². The van der Waals surface area contributed by atoms with Crippen LogP contribution in [0.25, 0.3) is 0 Å². The van der Waals surface area contributed by atoms with Gasteiger partial charge in [0.2, 0.25) is 0 Å². The van der Waals surface area contributed by atoms with Crippen molar-refractivity contribution in [2.24, 2.45) is 0 Å². The van der Waals surface area contributed by atoms with E-state index in [1.807, 2.05) is 42.5 Å². The van der Waals surface area contributed by atoms with Gasteiger partial charge in [-0.1, -0.05) is 42.5 Å². The van der Waals surface area contributed by atoms with Crippen molar-refractivity contribution >= 4 is 5.78 Å². The fraction of sp³-hybridized carbons (Fsp3) is 0.188. The first-order valence-corrected chi connectivity index (χ1v) is 6.18. The maximum absolute atomic E-state index is 12.3. The molecule has 0 radical (unpaired) electrons. The molecule has 0 aromatic heterocycles. The summed E-state index contributed by atoms with van der Waals surface area (Å²) in [7, 11) is 1.59. The van der Waals surface area contributed by atoms with Gasteiger partial charge in [-0.3, -0.25) is 4.79 Å². The SMILES string of the molecule is COc1cccc(C(=O)[C@@H]2O[C@H]2c2ccccc2)c1. The quantitative estimate of drug-likeness (QED) is 0.622. The van der Waals surface area contributed by atoms with Crippen molar-refractivity contribution in [3.63, 3.8) is 0 Å². The molecule has 2 aromatic rings. The molecule has 3 heteroatoms. The van der Waals surface area contributed by atoms with Crippen LogP contribution in [0.5, 0.6) is 5.75 Å². The zero-order valence-corrected chi connectivity index (χ0v) is 10.6. The first-order chi connectivity index (χ1) is 9.29. The fourth-order valence-electron chi connectivity index (χ4n) is 2.15. The zero-order valence-electron chi connectivity index (χ0n) is 10.6. The summed E-state index contributed by atoms with van der Waals surface area (Å²) in [6.45, 7) is 0. The van der Waals surface area contributed by atoms with Crippen LogP contribution in [0.4, 0.5) is 0 Å². The summed E-state index contributed by atoms with van der Waals surface area (Å²) in [6.07, 6.45) is -0.477. The second-order valence-corrected chi connectivity index (χ2v) is 4.48. The van der Waals surface area contributed by atoms with Crippen molar-refractivity contribution in [1.29, 1.82) is 0 Å². The number of methoxy groups -OCH3 is 1. The summed E-state index contributed by atoms with van der Waals surface area (Å²) in [6, 6.07) is 17.0. The highest BCUT2D eigenvalue weighted by Gasteiger charge is 2.46. The third-order valence-electron chi connectivity index (χ3n) is 3.23. The first kappa shape index (κ1) is 11.9. The van der Waals surface area contributed by atoms with E-state index in [0.29, 0.717) is 11.3 Å². The molecule has 1 heterocycles. The maximum atomic E-state index is 12.3. The Kier molecular flexibility index (Phi) is 3.05. The highest BCUT2D eigenvalue weighted by atomic mass is 16.6. The Morgan fingerprint density at radius 2 is 1.89 bits per heavy atom. The van der Waals surface area contributed by atoms with Crippen molar-refractivity contribution in [3.05, 3.63) is 65.7 Å². The second kappa shape index (κ2) is 4.86. The van der Waals surface area contributed by atoms with E-state index >= 15 is 0 Å². The standard InChI is InChI=1S/C16H14O3/c1-18-13-9-5-8-12(10-13)14(17)16-15(19-16)11-6-3-2-4-7-11/h2-10,15-16H,1H3/t15-,16-/m0/s1. The molecule has 1 fully saturated rings. The Balaban J connectivity index is 1.76. The summed E-state index contributed by atoms with van der Waals surface area (Å²) < 4.78 is 10.6. The minimum absolute atomic E-state index is 0.00718. The lowest BCUT2D eigenvalue weighted by Crippen LogP contribution is -2.08. The van der Waals surface area contributed by atoms with Crippen molar-refractivity contribution in [2.45, 2.75) is 12.2 Å². The molecule has 0 amide bonds. The van der Waals surface area contributed by atoms with Gasteiger partial charge in [-0.2, -0.15) is 0 Å². The van der Waals surface area contributed by atoms with E-state index in [1.54, 1.807) is 19.2 Å². The van der Waals surface area contributed by atoms with Crippen molar-refractivity contribution in [1.82, 2.24) is 0 Å². The lowest BCUT2D eigenvalue weighted by molar-refractivity contribution is 0.0953. The highest BCUT2D eigenvalue weighted by Crippen LogP contribution is 2.40. The van der Waals surface area contributed by atoms with E-state index in [0.717, 1.165) is 5.56 Å². The van der Waals surface area contributed by atoms with Crippen LogP contribution in [-0.2, 0) is 4.74 Å². The predicted octanol–water partition coefficient (Wildman–Crippen LogP) is 3.02. The van der Waals surface area contributed by atoms with Gasteiger partial charge in [0, 0.05) is 5.56 Å². The highest BCUT2D eigenvalue weighted by molar-refractivity contribution is 6.01. The molecule has 0 spiro atoms. The monoisotopic (exact) mass is 254 g/mol. The third kappa shape index (κ3) is 2.37. The van der Waals surface area contributed by atoms with Gasteiger partial charge in [-0.05, 0) is 17.7 Å². The Hall–Kier alpha value is -2.13. The van der Waals surface area contributed by atoms with Gasteiger partial charge in [-0.25, -0.2) is 0 Å². The van der Waals surface area contributed by atoms with Gasteiger partial charge in [0.1, 0.15) is 11.9 Å². The molecule has 3 nitrogen and oxygen atoms in total. The molecule has 96 valence electrons. The summed E-state index contributed by atoms with van der Waals surface area (Å²) >= 11 is 0. The summed E-state index contributed by atoms with van der Waals surface area (Å²) in [4.78, 5) is 12.3. The van der Waals surface area contributed by atoms with E-state index in [2.05, 4.69) is 0 Å². The van der Waals surface area contributed by atoms with E-state index < -0.39 is 0 Å². The van der Waals surface area contributed by atoms with E-state index in [-0.39, 0.29) is 18.0 Å². The van der Waals surface area contributed by atoms with Crippen LogP contribution in [0.3, 0.4) is 0 Å². The number of carbonyl (C=O) groups is 1. The lowest BCUT2D eigenvalue weighted by Gasteiger charge is -2.02. The Morgan fingerprint density at radius 1 is 1.11 bits per heavy atom. The van der Waals surface area contributed by atoms with Gasteiger partial charge in [-0.15, -0.1) is 0 Å². The summed E-state index contributed by atoms with van der Waals surface area (Å²) in [5.41, 5.74) is 1.67. The average molecular weight is 254 g/mol. The van der Waals surface area contributed by atoms with Gasteiger partial charge in [0.25, 0.3) is 0 Å². The number of Topliss-reactive ketones (excluding diaryl/α,β-unsaturated/α-hetero) is 1. The van der Waals surface area contributed by atoms with Crippen molar-refractivity contribution in [2.75, 3.05) is 7.11 Å². The molecule has 0 saturated carbocycles. The third-order valence-corrected chi connectivity index (χ3v) is 3.23. The molecule has 1 aliphatic rings. The van der Waals surface area contributed by atoms with Crippen molar-refractivity contribution < 1.29 is 14.3 Å². The normalized spacial score (nSPS) is 20.9. The van der Waals surface area contributed by atoms with Crippen LogP contribution in [0.15, 0.2) is 54.6 Å². The second-order valence-electron chi connectivity index (χ2n) is 4.48. The molecule has 1 aliphatic heterocycles. The van der Waals surface area contributed by atoms with Crippen LogP contribution < -0.4 is 4.74 Å². The number of rotatable bonds is 4. The van der Waals surface area contributed by atoms with E-state index in [1.165, 1.54) is 0 Å². The van der Waals surface area contributed by atoms with Crippen LogP contribution in [-0.4, -0.2) is 19.0 Å². The molecule has 0 aliphatic carbocycles. The van der Waals surface area contributed by atoms with Gasteiger partial charge in [0.15, 0.2) is 11.9 Å². The number of epoxide rings is 1. The topological polar surface area (TPSA) is 38.8 Å². The zero-order chi connectivity index (χ0) is 13.2. The number of benzene rings is 2. The molecular formula is C16H14O3. The molecule has 19 heavy (non-hydrogen) atoms. The van der Waals surface area contributed by atoms with Crippen LogP contribution >= 0.6 is 0 Å². The van der Waals surface area contributed by atoms with Gasteiger partial charge >= 0.3 is 0 Å². The maximum Gasteiger partial charge on any atom is 0.194 e. The molecular weight excluding hydrogens is 240 g/mol. The van der Waals surface area contributed by atoms with E-state index in [9.17, 15) is 4.79 Å². The Bertz CT molecular complexity index is 592. The molecule has 2 aromatic carbocycles. The molecule has 0 unspecified atom stereocenters. The molecule has 0 bridgehead atoms. The average Bonchev–Trinajstić information content (AvgIpc) is 3.28. The molecule has 3 rings (SSSR count). The number of hydrogen-bond donors (Lipinski definition) is 0. The molecule has 2 atom stereocenters. The minimum atomic E-state index is -0.366. The fourth-order valence-corrected chi connectivity index (χ4v) is 2.15. The predicted molar refractivity (Wildman–Crippen MR) is 71.4 cm³/mol. The molecule has 1 saturated heterocycles. The lowest BCUT2D eigenvalue weighted by atomic mass is 10.0. The smallest absolute Gasteiger partial charge is 0.194 e.